The molecule has 0 amide bonds. The molecule has 0 fully saturated rings. The molecule has 17 heavy (non-hydrogen) atoms. The summed E-state index contributed by atoms with van der Waals surface area (Å²) >= 11 is 5.84. The Bertz CT molecular complexity index is 557. The van der Waals surface area contributed by atoms with E-state index in [0.717, 1.165) is 5.39 Å². The van der Waals surface area contributed by atoms with Gasteiger partial charge in [0, 0.05) is 10.4 Å². The van der Waals surface area contributed by atoms with Crippen LogP contribution in [0.1, 0.15) is 24.4 Å². The van der Waals surface area contributed by atoms with Crippen molar-refractivity contribution in [2.45, 2.75) is 20.0 Å². The number of aliphatic hydroxyl groups is 1. The Morgan fingerprint density at radius 1 is 1.35 bits per heavy atom. The van der Waals surface area contributed by atoms with Gasteiger partial charge in [-0.15, -0.1) is 0 Å². The number of halogens is 1. The Morgan fingerprint density at radius 3 is 2.71 bits per heavy atom. The van der Waals surface area contributed by atoms with Crippen LogP contribution in [0, 0.1) is 5.92 Å². The van der Waals surface area contributed by atoms with Crippen molar-refractivity contribution in [3.8, 4) is 0 Å². The van der Waals surface area contributed by atoms with E-state index in [0.29, 0.717) is 10.6 Å². The molecule has 0 aliphatic rings. The lowest BCUT2D eigenvalue weighted by molar-refractivity contribution is 0.0621. The minimum Gasteiger partial charge on any atom is -0.453 e. The summed E-state index contributed by atoms with van der Waals surface area (Å²) in [4.78, 5) is 11.9. The molecule has 1 aromatic heterocycles. The van der Waals surface area contributed by atoms with Gasteiger partial charge >= 0.3 is 0 Å². The molecule has 0 spiro atoms. The second-order valence-electron chi connectivity index (χ2n) is 4.35. The van der Waals surface area contributed by atoms with Crippen LogP contribution >= 0.6 is 11.6 Å². The van der Waals surface area contributed by atoms with E-state index in [-0.39, 0.29) is 11.7 Å². The van der Waals surface area contributed by atoms with E-state index in [1.165, 1.54) is 0 Å². The van der Waals surface area contributed by atoms with Crippen molar-refractivity contribution >= 4 is 28.4 Å². The smallest absolute Gasteiger partial charge is 0.226 e. The first-order valence-electron chi connectivity index (χ1n) is 5.40. The lowest BCUT2D eigenvalue weighted by atomic mass is 10.0. The van der Waals surface area contributed by atoms with Gasteiger partial charge < -0.3 is 9.52 Å². The van der Waals surface area contributed by atoms with E-state index in [4.69, 9.17) is 16.0 Å². The quantitative estimate of drug-likeness (QED) is 0.853. The number of carbonyl (C=O) groups is 1. The summed E-state index contributed by atoms with van der Waals surface area (Å²) in [5.74, 6) is -0.366. The van der Waals surface area contributed by atoms with Gasteiger partial charge in [0.05, 0.1) is 0 Å². The standard InChI is InChI=1S/C13H13ClO3/c1-7(2)12(15)13(16)11-6-8-5-9(14)3-4-10(8)17-11/h3-7,12,15H,1-2H3. The number of benzene rings is 1. The maximum atomic E-state index is 11.9. The summed E-state index contributed by atoms with van der Waals surface area (Å²) < 4.78 is 5.39. The average Bonchev–Trinajstić information content (AvgIpc) is 2.69. The van der Waals surface area contributed by atoms with E-state index in [2.05, 4.69) is 0 Å². The van der Waals surface area contributed by atoms with Gasteiger partial charge in [-0.25, -0.2) is 0 Å². The Labute approximate surface area is 104 Å². The average molecular weight is 253 g/mol. The SMILES string of the molecule is CC(C)C(O)C(=O)c1cc2cc(Cl)ccc2o1. The largest absolute Gasteiger partial charge is 0.453 e. The highest BCUT2D eigenvalue weighted by atomic mass is 35.5. The first-order valence-corrected chi connectivity index (χ1v) is 5.78. The Kier molecular flexibility index (Phi) is 3.22. The van der Waals surface area contributed by atoms with Gasteiger partial charge in [-0.1, -0.05) is 25.4 Å². The van der Waals surface area contributed by atoms with E-state index < -0.39 is 11.9 Å². The molecule has 1 aromatic carbocycles. The van der Waals surface area contributed by atoms with Crippen LogP contribution in [0.3, 0.4) is 0 Å². The highest BCUT2D eigenvalue weighted by Crippen LogP contribution is 2.24. The molecule has 1 unspecified atom stereocenters. The van der Waals surface area contributed by atoms with Gasteiger partial charge in [0.1, 0.15) is 11.7 Å². The second kappa shape index (κ2) is 4.51. The van der Waals surface area contributed by atoms with Gasteiger partial charge in [0.25, 0.3) is 0 Å². The molecule has 4 heteroatoms. The number of rotatable bonds is 3. The first kappa shape index (κ1) is 12.1. The molecule has 2 aromatic rings. The molecule has 3 nitrogen and oxygen atoms in total. The lowest BCUT2D eigenvalue weighted by Crippen LogP contribution is -2.25. The topological polar surface area (TPSA) is 50.4 Å². The fourth-order valence-corrected chi connectivity index (χ4v) is 1.76. The van der Waals surface area contributed by atoms with Crippen LogP contribution in [0.4, 0.5) is 0 Å². The summed E-state index contributed by atoms with van der Waals surface area (Å²) in [5.41, 5.74) is 0.591. The van der Waals surface area contributed by atoms with E-state index in [1.807, 2.05) is 0 Å². The number of hydrogen-bond donors (Lipinski definition) is 1. The number of hydrogen-bond acceptors (Lipinski definition) is 3. The van der Waals surface area contributed by atoms with Gasteiger partial charge in [-0.2, -0.15) is 0 Å². The van der Waals surface area contributed by atoms with Crippen LogP contribution in [-0.4, -0.2) is 17.0 Å². The van der Waals surface area contributed by atoms with Crippen molar-refractivity contribution < 1.29 is 14.3 Å². The van der Waals surface area contributed by atoms with E-state index in [1.54, 1.807) is 38.1 Å². The van der Waals surface area contributed by atoms with Gasteiger partial charge in [0.2, 0.25) is 5.78 Å². The van der Waals surface area contributed by atoms with Crippen molar-refractivity contribution in [2.24, 2.45) is 5.92 Å². The van der Waals surface area contributed by atoms with Crippen molar-refractivity contribution in [3.05, 3.63) is 35.0 Å². The number of ketones is 1. The molecule has 1 atom stereocenters. The number of aliphatic hydroxyl groups excluding tert-OH is 1. The molecule has 0 aliphatic heterocycles. The summed E-state index contributed by atoms with van der Waals surface area (Å²) in [7, 11) is 0. The predicted molar refractivity (Wildman–Crippen MR) is 66.4 cm³/mol. The summed E-state index contributed by atoms with van der Waals surface area (Å²) in [6.07, 6.45) is -1.04. The van der Waals surface area contributed by atoms with Crippen molar-refractivity contribution in [3.63, 3.8) is 0 Å². The third-order valence-electron chi connectivity index (χ3n) is 2.62. The minimum atomic E-state index is -1.04. The number of furan rings is 1. The molecule has 0 bridgehead atoms. The zero-order valence-electron chi connectivity index (χ0n) is 9.61. The molecule has 0 aliphatic carbocycles. The highest BCUT2D eigenvalue weighted by molar-refractivity contribution is 6.31. The van der Waals surface area contributed by atoms with Gasteiger partial charge in [-0.3, -0.25) is 4.79 Å². The van der Waals surface area contributed by atoms with Crippen molar-refractivity contribution in [2.75, 3.05) is 0 Å². The zero-order valence-corrected chi connectivity index (χ0v) is 10.4. The molecule has 0 saturated heterocycles. The number of carbonyl (C=O) groups excluding carboxylic acids is 1. The van der Waals surface area contributed by atoms with E-state index in [9.17, 15) is 9.90 Å². The molecule has 2 rings (SSSR count). The fourth-order valence-electron chi connectivity index (χ4n) is 1.58. The lowest BCUT2D eigenvalue weighted by Gasteiger charge is -2.10. The van der Waals surface area contributed by atoms with Gasteiger partial charge in [0.15, 0.2) is 5.76 Å². The summed E-state index contributed by atoms with van der Waals surface area (Å²) in [5, 5.41) is 11.0. The summed E-state index contributed by atoms with van der Waals surface area (Å²) in [6.45, 7) is 3.56. The monoisotopic (exact) mass is 252 g/mol. The van der Waals surface area contributed by atoms with Crippen molar-refractivity contribution in [1.82, 2.24) is 0 Å². The van der Waals surface area contributed by atoms with Gasteiger partial charge in [-0.05, 0) is 30.2 Å². The van der Waals surface area contributed by atoms with Crippen LogP contribution in [0.25, 0.3) is 11.0 Å². The molecule has 90 valence electrons. The van der Waals surface area contributed by atoms with Crippen LogP contribution in [0.15, 0.2) is 28.7 Å². The molecule has 0 radical (unpaired) electrons. The third-order valence-corrected chi connectivity index (χ3v) is 2.86. The zero-order chi connectivity index (χ0) is 12.6. The molecular weight excluding hydrogens is 240 g/mol. The predicted octanol–water partition coefficient (Wildman–Crippen LogP) is 3.29. The molecular formula is C13H13ClO3. The van der Waals surface area contributed by atoms with Crippen LogP contribution in [-0.2, 0) is 0 Å². The molecule has 1 heterocycles. The third kappa shape index (κ3) is 2.35. The Morgan fingerprint density at radius 2 is 2.06 bits per heavy atom. The van der Waals surface area contributed by atoms with Crippen LogP contribution < -0.4 is 0 Å². The molecule has 0 saturated carbocycles. The first-order chi connectivity index (χ1) is 7.99. The van der Waals surface area contributed by atoms with Crippen molar-refractivity contribution in [1.29, 1.82) is 0 Å². The highest BCUT2D eigenvalue weighted by Gasteiger charge is 2.23. The normalized spacial score (nSPS) is 13.2. The Balaban J connectivity index is 2.40. The van der Waals surface area contributed by atoms with Crippen LogP contribution in [0.5, 0.6) is 0 Å². The molecule has 1 N–H and O–H groups in total. The number of Topliss-reactive ketones (excluding diaryl/α,β-unsaturated/α-hetero) is 1. The van der Waals surface area contributed by atoms with E-state index >= 15 is 0 Å². The Hall–Kier alpha value is -1.32. The summed E-state index contributed by atoms with van der Waals surface area (Å²) in [6, 6.07) is 6.73. The number of fused-ring (bicyclic) bond motifs is 1. The second-order valence-corrected chi connectivity index (χ2v) is 4.78. The minimum absolute atomic E-state index is 0.140. The maximum absolute atomic E-state index is 11.9. The fraction of sp³-hybridized carbons (Fsp3) is 0.308. The van der Waals surface area contributed by atoms with Crippen LogP contribution in [0.2, 0.25) is 5.02 Å². The maximum Gasteiger partial charge on any atom is 0.226 e.